The second kappa shape index (κ2) is 7.09. The molecule has 0 radical (unpaired) electrons. The van der Waals surface area contributed by atoms with Crippen molar-refractivity contribution < 1.29 is 14.3 Å². The van der Waals surface area contributed by atoms with E-state index in [4.69, 9.17) is 9.47 Å². The van der Waals surface area contributed by atoms with Crippen LogP contribution in [0.2, 0.25) is 0 Å². The predicted molar refractivity (Wildman–Crippen MR) is 84.3 cm³/mol. The molecule has 120 valence electrons. The van der Waals surface area contributed by atoms with Gasteiger partial charge in [-0.1, -0.05) is 6.07 Å². The SMILES string of the molecule is Cc1cccc(OC2CCN(C(=O)COc3cccnc3)C2)n1. The maximum atomic E-state index is 12.2. The van der Waals surface area contributed by atoms with E-state index in [-0.39, 0.29) is 18.6 Å². The zero-order valence-corrected chi connectivity index (χ0v) is 13.0. The van der Waals surface area contributed by atoms with E-state index in [2.05, 4.69) is 9.97 Å². The van der Waals surface area contributed by atoms with E-state index in [1.165, 1.54) is 0 Å². The molecule has 2 aromatic heterocycles. The molecule has 1 saturated heterocycles. The zero-order chi connectivity index (χ0) is 16.1. The molecule has 0 aromatic carbocycles. The summed E-state index contributed by atoms with van der Waals surface area (Å²) in [6.45, 7) is 3.17. The van der Waals surface area contributed by atoms with Crippen LogP contribution in [-0.4, -0.2) is 46.6 Å². The lowest BCUT2D eigenvalue weighted by molar-refractivity contribution is -0.132. The highest BCUT2D eigenvalue weighted by molar-refractivity contribution is 5.78. The van der Waals surface area contributed by atoms with Crippen LogP contribution in [0.4, 0.5) is 0 Å². The van der Waals surface area contributed by atoms with E-state index in [0.29, 0.717) is 24.7 Å². The van der Waals surface area contributed by atoms with Gasteiger partial charge in [-0.05, 0) is 25.1 Å². The molecule has 0 aliphatic carbocycles. The molecule has 1 fully saturated rings. The number of nitrogens with zero attached hydrogens (tertiary/aromatic N) is 3. The Labute approximate surface area is 135 Å². The fourth-order valence-corrected chi connectivity index (χ4v) is 2.47. The summed E-state index contributed by atoms with van der Waals surface area (Å²) >= 11 is 0. The highest BCUT2D eigenvalue weighted by Gasteiger charge is 2.28. The Morgan fingerprint density at radius 1 is 1.35 bits per heavy atom. The molecular weight excluding hydrogens is 294 g/mol. The molecule has 1 unspecified atom stereocenters. The number of hydrogen-bond acceptors (Lipinski definition) is 5. The number of hydrogen-bond donors (Lipinski definition) is 0. The van der Waals surface area contributed by atoms with Gasteiger partial charge in [0.05, 0.1) is 12.7 Å². The van der Waals surface area contributed by atoms with E-state index in [1.807, 2.05) is 25.1 Å². The molecule has 1 atom stereocenters. The lowest BCUT2D eigenvalue weighted by Gasteiger charge is -2.17. The summed E-state index contributed by atoms with van der Waals surface area (Å²) < 4.78 is 11.3. The van der Waals surface area contributed by atoms with Crippen LogP contribution in [-0.2, 0) is 4.79 Å². The monoisotopic (exact) mass is 313 g/mol. The number of rotatable bonds is 5. The van der Waals surface area contributed by atoms with E-state index < -0.39 is 0 Å². The van der Waals surface area contributed by atoms with Gasteiger partial charge < -0.3 is 14.4 Å². The summed E-state index contributed by atoms with van der Waals surface area (Å²) in [5.41, 5.74) is 0.915. The standard InChI is InChI=1S/C17H19N3O3/c1-13-4-2-6-16(19-13)23-15-7-9-20(11-15)17(21)12-22-14-5-3-8-18-10-14/h2-6,8,10,15H,7,9,11-12H2,1H3. The van der Waals surface area contributed by atoms with Gasteiger partial charge in [-0.25, -0.2) is 4.98 Å². The Kier molecular flexibility index (Phi) is 4.71. The molecule has 6 heteroatoms. The Morgan fingerprint density at radius 3 is 3.04 bits per heavy atom. The molecular formula is C17H19N3O3. The van der Waals surface area contributed by atoms with Gasteiger partial charge in [0, 0.05) is 30.9 Å². The van der Waals surface area contributed by atoms with Crippen molar-refractivity contribution in [1.82, 2.24) is 14.9 Å². The summed E-state index contributed by atoms with van der Waals surface area (Å²) in [5, 5.41) is 0. The number of pyridine rings is 2. The first-order chi connectivity index (χ1) is 11.2. The number of carbonyl (C=O) groups is 1. The minimum atomic E-state index is -0.0443. The quantitative estimate of drug-likeness (QED) is 0.843. The Morgan fingerprint density at radius 2 is 2.26 bits per heavy atom. The fraction of sp³-hybridized carbons (Fsp3) is 0.353. The maximum Gasteiger partial charge on any atom is 0.260 e. The normalized spacial score (nSPS) is 17.1. The Balaban J connectivity index is 1.48. The Bertz CT molecular complexity index is 663. The molecule has 2 aromatic rings. The average Bonchev–Trinajstić information content (AvgIpc) is 3.02. The van der Waals surface area contributed by atoms with E-state index in [0.717, 1.165) is 12.1 Å². The van der Waals surface area contributed by atoms with Gasteiger partial charge >= 0.3 is 0 Å². The first kappa shape index (κ1) is 15.3. The molecule has 1 aliphatic rings. The smallest absolute Gasteiger partial charge is 0.260 e. The van der Waals surface area contributed by atoms with Crippen molar-refractivity contribution >= 4 is 5.91 Å². The van der Waals surface area contributed by atoms with Crippen LogP contribution >= 0.6 is 0 Å². The third kappa shape index (κ3) is 4.18. The van der Waals surface area contributed by atoms with Crippen LogP contribution in [0.25, 0.3) is 0 Å². The third-order valence-electron chi connectivity index (χ3n) is 3.64. The molecule has 23 heavy (non-hydrogen) atoms. The summed E-state index contributed by atoms with van der Waals surface area (Å²) in [6, 6.07) is 9.22. The first-order valence-electron chi connectivity index (χ1n) is 7.61. The maximum absolute atomic E-state index is 12.2. The van der Waals surface area contributed by atoms with Gasteiger partial charge in [-0.2, -0.15) is 0 Å². The van der Waals surface area contributed by atoms with E-state index in [1.54, 1.807) is 29.4 Å². The number of aromatic nitrogens is 2. The number of carbonyl (C=O) groups excluding carboxylic acids is 1. The van der Waals surface area contributed by atoms with Crippen molar-refractivity contribution in [2.75, 3.05) is 19.7 Å². The summed E-state index contributed by atoms with van der Waals surface area (Å²) in [6.07, 6.45) is 4.03. The summed E-state index contributed by atoms with van der Waals surface area (Å²) in [7, 11) is 0. The van der Waals surface area contributed by atoms with Gasteiger partial charge in [-0.3, -0.25) is 9.78 Å². The van der Waals surface area contributed by atoms with Crippen molar-refractivity contribution in [3.8, 4) is 11.6 Å². The molecule has 1 aliphatic heterocycles. The number of amides is 1. The van der Waals surface area contributed by atoms with Crippen LogP contribution < -0.4 is 9.47 Å². The number of ether oxygens (including phenoxy) is 2. The minimum Gasteiger partial charge on any atom is -0.482 e. The minimum absolute atomic E-state index is 0.0150. The summed E-state index contributed by atoms with van der Waals surface area (Å²) in [4.78, 5) is 22.2. The number of aryl methyl sites for hydroxylation is 1. The third-order valence-corrected chi connectivity index (χ3v) is 3.64. The highest BCUT2D eigenvalue weighted by Crippen LogP contribution is 2.17. The molecule has 0 saturated carbocycles. The zero-order valence-electron chi connectivity index (χ0n) is 13.0. The topological polar surface area (TPSA) is 64.5 Å². The first-order valence-corrected chi connectivity index (χ1v) is 7.61. The molecule has 6 nitrogen and oxygen atoms in total. The molecule has 3 heterocycles. The molecule has 0 spiro atoms. The van der Waals surface area contributed by atoms with E-state index in [9.17, 15) is 4.79 Å². The van der Waals surface area contributed by atoms with Crippen molar-refractivity contribution in [3.05, 3.63) is 48.4 Å². The van der Waals surface area contributed by atoms with Crippen LogP contribution in [0, 0.1) is 6.92 Å². The highest BCUT2D eigenvalue weighted by atomic mass is 16.5. The predicted octanol–water partition coefficient (Wildman–Crippen LogP) is 1.84. The van der Waals surface area contributed by atoms with Crippen LogP contribution in [0.15, 0.2) is 42.7 Å². The average molecular weight is 313 g/mol. The molecule has 1 amide bonds. The van der Waals surface area contributed by atoms with Gasteiger partial charge in [-0.15, -0.1) is 0 Å². The second-order valence-corrected chi connectivity index (χ2v) is 5.46. The lowest BCUT2D eigenvalue weighted by atomic mass is 10.3. The van der Waals surface area contributed by atoms with Gasteiger partial charge in [0.15, 0.2) is 6.61 Å². The van der Waals surface area contributed by atoms with Gasteiger partial charge in [0.1, 0.15) is 11.9 Å². The second-order valence-electron chi connectivity index (χ2n) is 5.46. The van der Waals surface area contributed by atoms with Crippen molar-refractivity contribution in [2.24, 2.45) is 0 Å². The van der Waals surface area contributed by atoms with Crippen molar-refractivity contribution in [3.63, 3.8) is 0 Å². The summed E-state index contributed by atoms with van der Waals surface area (Å²) in [5.74, 6) is 1.16. The molecule has 0 bridgehead atoms. The van der Waals surface area contributed by atoms with Crippen LogP contribution in [0.1, 0.15) is 12.1 Å². The number of likely N-dealkylation sites (tertiary alicyclic amines) is 1. The molecule has 3 rings (SSSR count). The lowest BCUT2D eigenvalue weighted by Crippen LogP contribution is -2.34. The fourth-order valence-electron chi connectivity index (χ4n) is 2.47. The van der Waals surface area contributed by atoms with E-state index >= 15 is 0 Å². The van der Waals surface area contributed by atoms with Crippen LogP contribution in [0.3, 0.4) is 0 Å². The van der Waals surface area contributed by atoms with Gasteiger partial charge in [0.2, 0.25) is 5.88 Å². The van der Waals surface area contributed by atoms with Crippen molar-refractivity contribution in [2.45, 2.75) is 19.4 Å². The largest absolute Gasteiger partial charge is 0.482 e. The van der Waals surface area contributed by atoms with Gasteiger partial charge in [0.25, 0.3) is 5.91 Å². The van der Waals surface area contributed by atoms with Crippen LogP contribution in [0.5, 0.6) is 11.6 Å². The molecule has 0 N–H and O–H groups in total. The Hall–Kier alpha value is -2.63. The van der Waals surface area contributed by atoms with Crippen molar-refractivity contribution in [1.29, 1.82) is 0 Å².